The van der Waals surface area contributed by atoms with E-state index in [4.69, 9.17) is 9.53 Å². The van der Waals surface area contributed by atoms with Crippen LogP contribution in [-0.4, -0.2) is 25.4 Å². The van der Waals surface area contributed by atoms with E-state index < -0.39 is 20.3 Å². The molecule has 0 radical (unpaired) electrons. The predicted molar refractivity (Wildman–Crippen MR) is 64.7 cm³/mol. The van der Waals surface area contributed by atoms with E-state index in [-0.39, 0.29) is 0 Å². The van der Waals surface area contributed by atoms with Gasteiger partial charge in [-0.1, -0.05) is 27.2 Å². The second kappa shape index (κ2) is 7.22. The Morgan fingerprint density at radius 3 is 2.12 bits per heavy atom. The van der Waals surface area contributed by atoms with Gasteiger partial charge in [0.1, 0.15) is 0 Å². The van der Waals surface area contributed by atoms with Crippen LogP contribution in [0.3, 0.4) is 0 Å². The quantitative estimate of drug-likeness (QED) is 0.552. The van der Waals surface area contributed by atoms with Crippen LogP contribution in [0.15, 0.2) is 12.2 Å². The first-order valence-corrected chi connectivity index (χ1v) is 8.16. The molecule has 0 aliphatic heterocycles. The fourth-order valence-corrected chi connectivity index (χ4v) is 4.65. The molecule has 0 aliphatic rings. The summed E-state index contributed by atoms with van der Waals surface area (Å²) in [5, 5.41) is 8.40. The van der Waals surface area contributed by atoms with Crippen LogP contribution in [-0.2, 0) is 14.0 Å². The Morgan fingerprint density at radius 1 is 1.19 bits per heavy atom. The van der Waals surface area contributed by atoms with Crippen molar-refractivity contribution in [2.75, 3.05) is 0 Å². The molecular weight excluding hydrogens is 224 g/mol. The molecule has 1 N–H and O–H groups in total. The molecule has 0 bridgehead atoms. The van der Waals surface area contributed by atoms with E-state index in [0.29, 0.717) is 0 Å². The van der Waals surface area contributed by atoms with E-state index in [9.17, 15) is 9.59 Å². The van der Waals surface area contributed by atoms with Crippen molar-refractivity contribution < 1.29 is 19.1 Å². The predicted octanol–water partition coefficient (Wildman–Crippen LogP) is 2.57. The largest absolute Gasteiger partial charge is 0.516 e. The molecule has 0 unspecified atom stereocenters. The molecule has 0 aliphatic carbocycles. The van der Waals surface area contributed by atoms with Crippen molar-refractivity contribution in [2.24, 2.45) is 0 Å². The molecule has 0 aromatic rings. The molecule has 0 saturated heterocycles. The summed E-state index contributed by atoms with van der Waals surface area (Å²) < 4.78 is 5.48. The minimum atomic E-state index is -1.97. The number of aliphatic carboxylic acids is 1. The number of carboxylic acids is 1. The maximum absolute atomic E-state index is 11.4. The zero-order valence-electron chi connectivity index (χ0n) is 10.2. The van der Waals surface area contributed by atoms with Gasteiger partial charge in [-0.3, -0.25) is 0 Å². The number of carboxylic acid groups (broad SMARTS) is 1. The maximum atomic E-state index is 11.4. The van der Waals surface area contributed by atoms with Gasteiger partial charge >= 0.3 is 11.9 Å². The van der Waals surface area contributed by atoms with Crippen LogP contribution in [0.5, 0.6) is 0 Å². The minimum absolute atomic E-state index is 0.522. The summed E-state index contributed by atoms with van der Waals surface area (Å²) in [5.74, 6) is -1.65. The molecule has 0 amide bonds. The van der Waals surface area contributed by atoms with Crippen LogP contribution in [0.1, 0.15) is 27.2 Å². The second-order valence-corrected chi connectivity index (χ2v) is 8.22. The Kier molecular flexibility index (Phi) is 6.72. The summed E-state index contributed by atoms with van der Waals surface area (Å²) in [4.78, 5) is 21.7. The third-order valence-corrected chi connectivity index (χ3v) is 7.30. The summed E-state index contributed by atoms with van der Waals surface area (Å²) in [5.41, 5.74) is 0. The van der Waals surface area contributed by atoms with Gasteiger partial charge in [0.2, 0.25) is 0 Å². The monoisotopic (exact) mass is 244 g/mol. The molecule has 0 fully saturated rings. The van der Waals surface area contributed by atoms with Gasteiger partial charge in [0.15, 0.2) is 0 Å². The lowest BCUT2D eigenvalue weighted by Gasteiger charge is -2.27. The fraction of sp³-hybridized carbons (Fsp3) is 0.636. The molecule has 0 spiro atoms. The van der Waals surface area contributed by atoms with Crippen molar-refractivity contribution in [3.8, 4) is 0 Å². The smallest absolute Gasteiger partial charge is 0.328 e. The van der Waals surface area contributed by atoms with Crippen molar-refractivity contribution in [1.29, 1.82) is 0 Å². The molecular formula is C11H20O4Si. The van der Waals surface area contributed by atoms with Crippen molar-refractivity contribution >= 4 is 20.3 Å². The highest BCUT2D eigenvalue weighted by Gasteiger charge is 2.33. The van der Waals surface area contributed by atoms with E-state index in [1.54, 1.807) is 0 Å². The summed E-state index contributed by atoms with van der Waals surface area (Å²) in [6, 6.07) is 2.70. The summed E-state index contributed by atoms with van der Waals surface area (Å²) in [6.07, 6.45) is 2.80. The average molecular weight is 244 g/mol. The van der Waals surface area contributed by atoms with Gasteiger partial charge in [0, 0.05) is 12.2 Å². The van der Waals surface area contributed by atoms with Gasteiger partial charge in [-0.25, -0.2) is 9.59 Å². The standard InChI is InChI=1S/C11H20O4Si/c1-4-9-16(5-2,6-3)15-11(14)8-7-10(12)13/h7-8H,4-6,9H2,1-3H3,(H,12,13)/b8-7-. The van der Waals surface area contributed by atoms with Crippen LogP contribution < -0.4 is 0 Å². The van der Waals surface area contributed by atoms with Gasteiger partial charge in [0.05, 0.1) is 0 Å². The van der Waals surface area contributed by atoms with Crippen LogP contribution >= 0.6 is 0 Å². The topological polar surface area (TPSA) is 63.6 Å². The van der Waals surface area contributed by atoms with Gasteiger partial charge in [-0.05, 0) is 18.1 Å². The Morgan fingerprint density at radius 2 is 1.75 bits per heavy atom. The third kappa shape index (κ3) is 5.11. The lowest BCUT2D eigenvalue weighted by Crippen LogP contribution is -2.38. The summed E-state index contributed by atoms with van der Waals surface area (Å²) >= 11 is 0. The molecule has 16 heavy (non-hydrogen) atoms. The molecule has 0 rings (SSSR count). The first-order chi connectivity index (χ1) is 7.49. The summed E-state index contributed by atoms with van der Waals surface area (Å²) in [6.45, 7) is 6.12. The Balaban J connectivity index is 4.50. The highest BCUT2D eigenvalue weighted by molar-refractivity contribution is 6.75. The molecule has 0 heterocycles. The Hall–Kier alpha value is -1.10. The van der Waals surface area contributed by atoms with E-state index in [0.717, 1.165) is 36.7 Å². The van der Waals surface area contributed by atoms with Crippen molar-refractivity contribution in [1.82, 2.24) is 0 Å². The fourth-order valence-electron chi connectivity index (χ4n) is 1.64. The van der Waals surface area contributed by atoms with Crippen molar-refractivity contribution in [2.45, 2.75) is 45.3 Å². The van der Waals surface area contributed by atoms with Crippen molar-refractivity contribution in [3.05, 3.63) is 12.2 Å². The van der Waals surface area contributed by atoms with Gasteiger partial charge < -0.3 is 9.53 Å². The molecule has 0 saturated carbocycles. The van der Waals surface area contributed by atoms with Gasteiger partial charge in [-0.2, -0.15) is 0 Å². The lowest BCUT2D eigenvalue weighted by atomic mass is 10.5. The highest BCUT2D eigenvalue weighted by atomic mass is 28.4. The van der Waals surface area contributed by atoms with E-state index in [1.807, 2.05) is 13.8 Å². The Labute approximate surface area is 97.4 Å². The Bertz CT molecular complexity index is 269. The van der Waals surface area contributed by atoms with Crippen LogP contribution in [0.4, 0.5) is 0 Å². The zero-order valence-corrected chi connectivity index (χ0v) is 11.2. The number of carbonyl (C=O) groups excluding carboxylic acids is 1. The minimum Gasteiger partial charge on any atom is -0.516 e. The second-order valence-electron chi connectivity index (χ2n) is 3.73. The average Bonchev–Trinajstić information content (AvgIpc) is 2.25. The first-order valence-electron chi connectivity index (χ1n) is 5.63. The number of hydrogen-bond donors (Lipinski definition) is 1. The summed E-state index contributed by atoms with van der Waals surface area (Å²) in [7, 11) is -1.97. The molecule has 0 atom stereocenters. The first kappa shape index (κ1) is 14.9. The van der Waals surface area contributed by atoms with Crippen LogP contribution in [0.25, 0.3) is 0 Å². The highest BCUT2D eigenvalue weighted by Crippen LogP contribution is 2.23. The van der Waals surface area contributed by atoms with Crippen LogP contribution in [0, 0.1) is 0 Å². The normalized spacial score (nSPS) is 11.7. The van der Waals surface area contributed by atoms with E-state index >= 15 is 0 Å². The maximum Gasteiger partial charge on any atom is 0.328 e. The molecule has 0 aromatic carbocycles. The van der Waals surface area contributed by atoms with E-state index in [1.165, 1.54) is 0 Å². The van der Waals surface area contributed by atoms with Gasteiger partial charge in [0.25, 0.3) is 8.32 Å². The number of carbonyl (C=O) groups is 2. The molecule has 4 nitrogen and oxygen atoms in total. The third-order valence-electron chi connectivity index (χ3n) is 2.67. The lowest BCUT2D eigenvalue weighted by molar-refractivity contribution is -0.133. The van der Waals surface area contributed by atoms with E-state index in [2.05, 4.69) is 6.92 Å². The van der Waals surface area contributed by atoms with Gasteiger partial charge in [-0.15, -0.1) is 0 Å². The number of rotatable bonds is 7. The number of hydrogen-bond acceptors (Lipinski definition) is 3. The zero-order chi connectivity index (χ0) is 12.6. The van der Waals surface area contributed by atoms with Crippen LogP contribution in [0.2, 0.25) is 18.1 Å². The SMILES string of the molecule is CCC[Si](CC)(CC)OC(=O)/C=C\C(=O)O. The molecule has 0 aromatic heterocycles. The molecule has 5 heteroatoms. The molecule has 92 valence electrons. The van der Waals surface area contributed by atoms with Crippen molar-refractivity contribution in [3.63, 3.8) is 0 Å².